The average molecular weight is 427 g/mol. The van der Waals surface area contributed by atoms with Gasteiger partial charge in [0.05, 0.1) is 11.8 Å². The van der Waals surface area contributed by atoms with Crippen molar-refractivity contribution in [2.24, 2.45) is 0 Å². The second-order valence-electron chi connectivity index (χ2n) is 6.44. The first-order valence-electron chi connectivity index (χ1n) is 9.07. The number of fused-ring (bicyclic) bond motifs is 1. The predicted molar refractivity (Wildman–Crippen MR) is 122 cm³/mol. The Morgan fingerprint density at radius 3 is 2.82 bits per heavy atom. The van der Waals surface area contributed by atoms with Crippen LogP contribution in [0.3, 0.4) is 0 Å². The second kappa shape index (κ2) is 8.58. The quantitative estimate of drug-likeness (QED) is 0.386. The van der Waals surface area contributed by atoms with E-state index in [9.17, 15) is 4.55 Å². The van der Waals surface area contributed by atoms with E-state index < -0.39 is 11.2 Å². The highest BCUT2D eigenvalue weighted by Crippen LogP contribution is 2.44. The molecule has 0 saturated heterocycles. The highest BCUT2D eigenvalue weighted by molar-refractivity contribution is 8.08. The predicted octanol–water partition coefficient (Wildman–Crippen LogP) is 5.78. The van der Waals surface area contributed by atoms with Crippen molar-refractivity contribution in [1.29, 1.82) is 5.26 Å². The number of thiophene rings is 1. The van der Waals surface area contributed by atoms with E-state index in [2.05, 4.69) is 30.3 Å². The summed E-state index contributed by atoms with van der Waals surface area (Å²) in [7, 11) is 0. The number of unbranched alkanes of at least 4 members (excludes halogenated alkanes) is 1. The summed E-state index contributed by atoms with van der Waals surface area (Å²) in [5.74, 6) is 1.64. The maximum absolute atomic E-state index is 10.7. The van der Waals surface area contributed by atoms with Crippen molar-refractivity contribution in [2.75, 3.05) is 17.2 Å². The summed E-state index contributed by atoms with van der Waals surface area (Å²) >= 11 is 2.34. The fourth-order valence-corrected chi connectivity index (χ4v) is 6.85. The number of nitrogens with two attached hydrogens (primary N) is 1. The number of hydrogen-bond donors (Lipinski definition) is 2. The van der Waals surface area contributed by atoms with Crippen LogP contribution in [0.2, 0.25) is 0 Å². The number of pyridine rings is 1. The molecule has 0 bridgehead atoms. The van der Waals surface area contributed by atoms with Gasteiger partial charge in [-0.2, -0.15) is 9.81 Å². The standard InChI is InChI=1S/C21H20N3OS3/c22-10-4-5-12-28(25)21-19(23)18-15(14-7-2-1-3-8-14)13-16(24-20(18)27-21)17-9-6-11-26-17/h1-3,7-9,13,25H,4-6,11-12,23H2/q+1. The molecule has 28 heavy (non-hydrogen) atoms. The van der Waals surface area contributed by atoms with Gasteiger partial charge in [-0.15, -0.1) is 11.8 Å². The minimum Gasteiger partial charge on any atom is -0.393 e. The number of aromatic nitrogens is 1. The molecule has 1 aliphatic heterocycles. The van der Waals surface area contributed by atoms with Crippen LogP contribution in [-0.4, -0.2) is 21.0 Å². The zero-order valence-electron chi connectivity index (χ0n) is 15.2. The third kappa shape index (κ3) is 3.78. The first-order chi connectivity index (χ1) is 13.7. The summed E-state index contributed by atoms with van der Waals surface area (Å²) in [4.78, 5) is 6.97. The Morgan fingerprint density at radius 1 is 1.29 bits per heavy atom. The third-order valence-electron chi connectivity index (χ3n) is 4.55. The highest BCUT2D eigenvalue weighted by Gasteiger charge is 2.30. The van der Waals surface area contributed by atoms with Crippen LogP contribution in [0.1, 0.15) is 25.0 Å². The summed E-state index contributed by atoms with van der Waals surface area (Å²) in [6.07, 6.45) is 4.41. The number of anilines is 1. The largest absolute Gasteiger partial charge is 0.393 e. The second-order valence-corrected chi connectivity index (χ2v) is 10.4. The molecule has 0 spiro atoms. The van der Waals surface area contributed by atoms with Crippen LogP contribution in [0.25, 0.3) is 26.2 Å². The Hall–Kier alpha value is -1.98. The molecule has 142 valence electrons. The number of rotatable bonds is 6. The molecule has 7 heteroatoms. The summed E-state index contributed by atoms with van der Waals surface area (Å²) in [6, 6.07) is 14.5. The molecule has 0 fully saturated rings. The van der Waals surface area contributed by atoms with E-state index in [1.807, 2.05) is 30.0 Å². The fraction of sp³-hybridized carbons (Fsp3) is 0.238. The molecule has 0 radical (unpaired) electrons. The maximum atomic E-state index is 10.7. The Labute approximate surface area is 175 Å². The Kier molecular flexibility index (Phi) is 5.93. The molecule has 1 aliphatic rings. The summed E-state index contributed by atoms with van der Waals surface area (Å²) in [6.45, 7) is 0. The Bertz CT molecular complexity index is 1070. The Balaban J connectivity index is 1.85. The van der Waals surface area contributed by atoms with Crippen molar-refractivity contribution in [3.63, 3.8) is 0 Å². The van der Waals surface area contributed by atoms with Gasteiger partial charge in [0.1, 0.15) is 16.3 Å². The van der Waals surface area contributed by atoms with Crippen LogP contribution < -0.4 is 5.73 Å². The van der Waals surface area contributed by atoms with Gasteiger partial charge in [-0.25, -0.2) is 4.98 Å². The zero-order valence-corrected chi connectivity index (χ0v) is 17.7. The maximum Gasteiger partial charge on any atom is 0.269 e. The molecule has 1 aromatic carbocycles. The molecule has 2 aromatic heterocycles. The number of nitrogen functional groups attached to an aromatic ring is 1. The van der Waals surface area contributed by atoms with E-state index >= 15 is 0 Å². The normalized spacial score (nSPS) is 14.8. The van der Waals surface area contributed by atoms with Crippen molar-refractivity contribution in [2.45, 2.75) is 23.5 Å². The first-order valence-corrected chi connectivity index (χ1v) is 12.2. The lowest BCUT2D eigenvalue weighted by molar-refractivity contribution is 0.638. The van der Waals surface area contributed by atoms with E-state index in [1.54, 1.807) is 0 Å². The summed E-state index contributed by atoms with van der Waals surface area (Å²) in [5.41, 5.74) is 10.3. The van der Waals surface area contributed by atoms with Gasteiger partial charge in [-0.05, 0) is 23.6 Å². The number of nitriles is 1. The van der Waals surface area contributed by atoms with Crippen LogP contribution in [-0.2, 0) is 11.2 Å². The van der Waals surface area contributed by atoms with Gasteiger partial charge in [0.15, 0.2) is 11.2 Å². The van der Waals surface area contributed by atoms with Gasteiger partial charge in [0, 0.05) is 28.9 Å². The molecule has 3 N–H and O–H groups in total. The molecule has 0 aliphatic carbocycles. The number of thioether (sulfide) groups is 1. The smallest absolute Gasteiger partial charge is 0.269 e. The molecular weight excluding hydrogens is 406 g/mol. The molecule has 1 atom stereocenters. The van der Waals surface area contributed by atoms with E-state index in [0.717, 1.165) is 43.4 Å². The van der Waals surface area contributed by atoms with E-state index in [0.29, 0.717) is 24.3 Å². The Morgan fingerprint density at radius 2 is 2.11 bits per heavy atom. The molecule has 4 rings (SSSR count). The summed E-state index contributed by atoms with van der Waals surface area (Å²) in [5, 5.41) is 9.67. The minimum absolute atomic E-state index is 0.442. The van der Waals surface area contributed by atoms with Gasteiger partial charge in [0.2, 0.25) is 0 Å². The number of hydrogen-bond acceptors (Lipinski definition) is 6. The molecule has 0 amide bonds. The number of benzene rings is 1. The summed E-state index contributed by atoms with van der Waals surface area (Å²) < 4.78 is 11.5. The zero-order chi connectivity index (χ0) is 19.5. The lowest BCUT2D eigenvalue weighted by Gasteiger charge is -2.08. The lowest BCUT2D eigenvalue weighted by atomic mass is 10.0. The van der Waals surface area contributed by atoms with E-state index in [4.69, 9.17) is 16.0 Å². The van der Waals surface area contributed by atoms with Crippen molar-refractivity contribution < 1.29 is 4.55 Å². The fourth-order valence-electron chi connectivity index (χ4n) is 3.22. The lowest BCUT2D eigenvalue weighted by Crippen LogP contribution is -2.06. The monoisotopic (exact) mass is 426 g/mol. The topological polar surface area (TPSA) is 82.9 Å². The van der Waals surface area contributed by atoms with Crippen LogP contribution in [0.4, 0.5) is 5.69 Å². The van der Waals surface area contributed by atoms with Gasteiger partial charge in [0.25, 0.3) is 4.21 Å². The molecular formula is C21H20N3OS3+. The average Bonchev–Trinajstić information content (AvgIpc) is 3.37. The van der Waals surface area contributed by atoms with Crippen molar-refractivity contribution in [1.82, 2.24) is 4.98 Å². The van der Waals surface area contributed by atoms with Gasteiger partial charge >= 0.3 is 0 Å². The van der Waals surface area contributed by atoms with E-state index in [-0.39, 0.29) is 0 Å². The molecule has 3 aromatic rings. The third-order valence-corrected chi connectivity index (χ3v) is 8.72. The molecule has 0 saturated carbocycles. The van der Waals surface area contributed by atoms with E-state index in [1.165, 1.54) is 16.2 Å². The van der Waals surface area contributed by atoms with Crippen molar-refractivity contribution in [3.05, 3.63) is 48.2 Å². The van der Waals surface area contributed by atoms with Gasteiger partial charge in [-0.3, -0.25) is 0 Å². The minimum atomic E-state index is -0.970. The van der Waals surface area contributed by atoms with Crippen molar-refractivity contribution >= 4 is 55.1 Å². The SMILES string of the molecule is N#CCCC[S+](O)c1sc2nc(C3=CCCS3)cc(-c3ccccc3)c2c1N. The number of allylic oxidation sites excluding steroid dienone is 1. The molecule has 3 heterocycles. The van der Waals surface area contributed by atoms with Crippen LogP contribution in [0.5, 0.6) is 0 Å². The van der Waals surface area contributed by atoms with Crippen LogP contribution in [0.15, 0.2) is 46.7 Å². The molecule has 4 nitrogen and oxygen atoms in total. The number of nitrogens with zero attached hydrogens (tertiary/aromatic N) is 2. The van der Waals surface area contributed by atoms with Gasteiger partial charge < -0.3 is 5.73 Å². The molecule has 1 unspecified atom stereocenters. The highest BCUT2D eigenvalue weighted by atomic mass is 32.2. The first kappa shape index (κ1) is 19.3. The van der Waals surface area contributed by atoms with Crippen LogP contribution >= 0.6 is 23.1 Å². The van der Waals surface area contributed by atoms with Gasteiger partial charge in [-0.1, -0.05) is 47.7 Å². The van der Waals surface area contributed by atoms with Crippen molar-refractivity contribution in [3.8, 4) is 17.2 Å². The van der Waals surface area contributed by atoms with Crippen LogP contribution in [0, 0.1) is 11.3 Å².